The first-order valence-electron chi connectivity index (χ1n) is 10.4. The minimum Gasteiger partial charge on any atom is -0.756 e. The predicted molar refractivity (Wildman–Crippen MR) is 126 cm³/mol. The van der Waals surface area contributed by atoms with E-state index in [-0.39, 0.29) is 18.8 Å². The van der Waals surface area contributed by atoms with Crippen LogP contribution in [0.1, 0.15) is 0 Å². The van der Waals surface area contributed by atoms with Crippen molar-refractivity contribution in [3.05, 3.63) is 70.8 Å². The van der Waals surface area contributed by atoms with Crippen LogP contribution in [-0.4, -0.2) is 41.4 Å². The van der Waals surface area contributed by atoms with Crippen LogP contribution in [0.4, 0.5) is 22.7 Å². The molecule has 0 aliphatic carbocycles. The van der Waals surface area contributed by atoms with Crippen LogP contribution in [0.3, 0.4) is 0 Å². The van der Waals surface area contributed by atoms with Crippen LogP contribution >= 0.6 is 15.6 Å². The third-order valence-corrected chi connectivity index (χ3v) is 6.10. The molecule has 198 valence electrons. The number of phosphoric ester groups is 2. The Kier molecular flexibility index (Phi) is 9.56. The summed E-state index contributed by atoms with van der Waals surface area (Å²) < 4.78 is 34.0. The first-order valence-corrected chi connectivity index (χ1v) is 13.3. The average molecular weight is 554 g/mol. The summed E-state index contributed by atoms with van der Waals surface area (Å²) in [5.41, 5.74) is 1.26. The highest BCUT2D eigenvalue weighted by Gasteiger charge is 2.15. The van der Waals surface area contributed by atoms with Crippen molar-refractivity contribution < 1.29 is 47.7 Å². The zero-order valence-electron chi connectivity index (χ0n) is 18.9. The van der Waals surface area contributed by atoms with Crippen LogP contribution in [0.5, 0.6) is 0 Å². The number of anilines is 1. The smallest absolute Gasteiger partial charge is 0.297 e. The Hall–Kier alpha value is -3.10. The van der Waals surface area contributed by atoms with E-state index < -0.39 is 33.8 Å². The highest BCUT2D eigenvalue weighted by molar-refractivity contribution is 7.45. The third-order valence-electron chi connectivity index (χ3n) is 4.89. The van der Waals surface area contributed by atoms with E-state index >= 15 is 0 Å². The van der Waals surface area contributed by atoms with Crippen molar-refractivity contribution in [2.75, 3.05) is 31.2 Å². The standard InChI is InChI=1S/C20H22N4O11P2/c25-24(26)20-10-9-19(17-3-1-2-4-18(17)20)22-21-15-5-7-16(8-6-15)23(11-13-33-36(28,29)30)12-14-34-37(31,32)35-27/h1-10,27H,11-14H2,(H,31,32)(H2,28,29,30)/p-2. The zero-order valence-corrected chi connectivity index (χ0v) is 20.6. The Morgan fingerprint density at radius 2 is 1.51 bits per heavy atom. The van der Waals surface area contributed by atoms with E-state index in [0.717, 1.165) is 0 Å². The molecule has 0 heterocycles. The number of fused-ring (bicyclic) bond motifs is 1. The molecule has 0 bridgehead atoms. The molecule has 3 rings (SSSR count). The van der Waals surface area contributed by atoms with Crippen molar-refractivity contribution in [3.8, 4) is 0 Å². The monoisotopic (exact) mass is 554 g/mol. The van der Waals surface area contributed by atoms with Crippen molar-refractivity contribution in [1.29, 1.82) is 0 Å². The van der Waals surface area contributed by atoms with E-state index in [1.54, 1.807) is 48.5 Å². The number of hydrogen-bond donors (Lipinski definition) is 2. The molecule has 15 nitrogen and oxygen atoms in total. The molecule has 3 aromatic carbocycles. The fraction of sp³-hybridized carbons (Fsp3) is 0.200. The van der Waals surface area contributed by atoms with Gasteiger partial charge in [-0.3, -0.25) is 19.2 Å². The molecule has 37 heavy (non-hydrogen) atoms. The molecule has 2 N–H and O–H groups in total. The van der Waals surface area contributed by atoms with Gasteiger partial charge in [0.2, 0.25) is 0 Å². The zero-order chi connectivity index (χ0) is 27.1. The van der Waals surface area contributed by atoms with Gasteiger partial charge in [0.1, 0.15) is 0 Å². The summed E-state index contributed by atoms with van der Waals surface area (Å²) in [4.78, 5) is 43.0. The van der Waals surface area contributed by atoms with Gasteiger partial charge in [0, 0.05) is 30.2 Å². The van der Waals surface area contributed by atoms with E-state index in [9.17, 15) is 29.0 Å². The maximum absolute atomic E-state index is 11.3. The lowest BCUT2D eigenvalue weighted by Gasteiger charge is -2.27. The summed E-state index contributed by atoms with van der Waals surface area (Å²) in [6, 6.07) is 15.8. The van der Waals surface area contributed by atoms with E-state index in [0.29, 0.717) is 27.8 Å². The van der Waals surface area contributed by atoms with Crippen molar-refractivity contribution >= 4 is 49.2 Å². The first-order chi connectivity index (χ1) is 17.5. The van der Waals surface area contributed by atoms with Crippen molar-refractivity contribution in [3.63, 3.8) is 0 Å². The molecule has 0 aliphatic heterocycles. The Labute approximate surface area is 209 Å². The van der Waals surface area contributed by atoms with E-state index in [1.165, 1.54) is 17.0 Å². The fourth-order valence-corrected chi connectivity index (χ4v) is 3.94. The Bertz CT molecular complexity index is 1360. The quantitative estimate of drug-likeness (QED) is 0.102. The number of non-ortho nitro benzene ring substituents is 1. The molecule has 2 atom stereocenters. The Balaban J connectivity index is 1.77. The van der Waals surface area contributed by atoms with Crippen LogP contribution in [-0.2, 0) is 22.9 Å². The molecular weight excluding hydrogens is 534 g/mol. The molecule has 0 aliphatic rings. The molecule has 0 saturated heterocycles. The largest absolute Gasteiger partial charge is 0.756 e. The van der Waals surface area contributed by atoms with Gasteiger partial charge in [-0.1, -0.05) is 18.2 Å². The summed E-state index contributed by atoms with van der Waals surface area (Å²) in [7, 11) is -9.86. The molecule has 0 spiro atoms. The number of hydrogen-bond acceptors (Lipinski definition) is 13. The minimum atomic E-state index is -4.96. The van der Waals surface area contributed by atoms with Crippen LogP contribution in [0.15, 0.2) is 70.9 Å². The normalized spacial score (nSPS) is 14.9. The number of nitrogens with zero attached hydrogens (tertiary/aromatic N) is 4. The van der Waals surface area contributed by atoms with Crippen LogP contribution in [0.2, 0.25) is 0 Å². The maximum atomic E-state index is 11.3. The van der Waals surface area contributed by atoms with E-state index in [1.807, 2.05) is 0 Å². The number of azo groups is 1. The topological polar surface area (TPSA) is 220 Å². The number of phosphoric acid groups is 2. The van der Waals surface area contributed by atoms with Crippen molar-refractivity contribution in [2.45, 2.75) is 0 Å². The van der Waals surface area contributed by atoms with Crippen LogP contribution in [0, 0.1) is 10.1 Å². The van der Waals surface area contributed by atoms with Crippen LogP contribution in [0.25, 0.3) is 10.8 Å². The highest BCUT2D eigenvalue weighted by atomic mass is 31.2. The maximum Gasteiger partial charge on any atom is 0.297 e. The van der Waals surface area contributed by atoms with E-state index in [4.69, 9.17) is 10.2 Å². The van der Waals surface area contributed by atoms with Gasteiger partial charge in [0.05, 0.1) is 34.9 Å². The molecule has 3 aromatic rings. The molecule has 17 heteroatoms. The fourth-order valence-electron chi connectivity index (χ4n) is 3.28. The number of rotatable bonds is 13. The number of nitro benzene ring substituents is 1. The SMILES string of the molecule is O=[N+]([O-])c1ccc(N=Nc2ccc(N(CCOP(=O)([O-])O)CCOP(=O)([O-])OO)cc2)c2ccccc12. The summed E-state index contributed by atoms with van der Waals surface area (Å²) >= 11 is 0. The Morgan fingerprint density at radius 1 is 0.892 bits per heavy atom. The van der Waals surface area contributed by atoms with Crippen molar-refractivity contribution in [2.24, 2.45) is 10.2 Å². The van der Waals surface area contributed by atoms with Crippen molar-refractivity contribution in [1.82, 2.24) is 0 Å². The molecule has 0 amide bonds. The Morgan fingerprint density at radius 3 is 2.11 bits per heavy atom. The van der Waals surface area contributed by atoms with Gasteiger partial charge in [0.25, 0.3) is 21.3 Å². The lowest BCUT2D eigenvalue weighted by Crippen LogP contribution is -2.31. The van der Waals surface area contributed by atoms with Gasteiger partial charge in [-0.25, -0.2) is 5.26 Å². The first kappa shape index (κ1) is 28.5. The molecule has 0 radical (unpaired) electrons. The highest BCUT2D eigenvalue weighted by Crippen LogP contribution is 2.37. The lowest BCUT2D eigenvalue weighted by molar-refractivity contribution is -0.383. The van der Waals surface area contributed by atoms with Gasteiger partial charge in [-0.2, -0.15) is 9.79 Å². The average Bonchev–Trinajstić information content (AvgIpc) is 2.85. The van der Waals surface area contributed by atoms with E-state index in [2.05, 4.69) is 24.0 Å². The van der Waals surface area contributed by atoms with Gasteiger partial charge < -0.3 is 28.6 Å². The number of nitro groups is 1. The summed E-state index contributed by atoms with van der Waals surface area (Å²) in [5.74, 6) is 0. The second kappa shape index (κ2) is 12.4. The summed E-state index contributed by atoms with van der Waals surface area (Å²) in [6.07, 6.45) is 0. The molecule has 0 aromatic heterocycles. The van der Waals surface area contributed by atoms with Gasteiger partial charge in [-0.15, -0.1) is 5.11 Å². The molecule has 2 unspecified atom stereocenters. The predicted octanol–water partition coefficient (Wildman–Crippen LogP) is 3.42. The number of benzene rings is 3. The molecular formula is C20H20N4O11P2-2. The lowest BCUT2D eigenvalue weighted by atomic mass is 10.1. The third kappa shape index (κ3) is 8.47. The minimum absolute atomic E-state index is 0.0552. The van der Waals surface area contributed by atoms with Gasteiger partial charge in [0.15, 0.2) is 0 Å². The molecule has 0 saturated carbocycles. The second-order valence-electron chi connectivity index (χ2n) is 7.27. The van der Waals surface area contributed by atoms with Crippen LogP contribution < -0.4 is 14.7 Å². The van der Waals surface area contributed by atoms with Gasteiger partial charge in [-0.05, 0) is 36.4 Å². The van der Waals surface area contributed by atoms with Gasteiger partial charge >= 0.3 is 0 Å². The summed E-state index contributed by atoms with van der Waals surface area (Å²) in [6.45, 7) is -1.08. The molecule has 0 fully saturated rings. The summed E-state index contributed by atoms with van der Waals surface area (Å²) in [5, 5.41) is 28.9. The second-order valence-corrected chi connectivity index (χ2v) is 9.79.